The molecule has 1 aromatic carbocycles. The van der Waals surface area contributed by atoms with Crippen LogP contribution in [-0.2, 0) is 0 Å². The molecule has 2 amide bonds. The highest BCUT2D eigenvalue weighted by atomic mass is 16.2. The van der Waals surface area contributed by atoms with E-state index in [1.54, 1.807) is 12.1 Å². The quantitative estimate of drug-likeness (QED) is 0.683. The molecule has 4 N–H and O–H groups in total. The standard InChI is InChI=1S/C12H18N4O/c13-10-6-2-3-7-11(10)14-12(17)15-16-8-4-1-5-9-16/h2-3,6-7H,1,4-5,8-9,13H2,(H2,14,15,17). The number of hydrogen-bond acceptors (Lipinski definition) is 3. The largest absolute Gasteiger partial charge is 0.397 e. The SMILES string of the molecule is Nc1ccccc1NC(=O)NN1CCCCC1. The normalized spacial score (nSPS) is 16.5. The number of hydrazine groups is 1. The van der Waals surface area contributed by atoms with Crippen molar-refractivity contribution < 1.29 is 4.79 Å². The van der Waals surface area contributed by atoms with Crippen LogP contribution in [0.4, 0.5) is 16.2 Å². The highest BCUT2D eigenvalue weighted by molar-refractivity contribution is 5.92. The van der Waals surface area contributed by atoms with Crippen molar-refractivity contribution in [2.75, 3.05) is 24.1 Å². The van der Waals surface area contributed by atoms with E-state index in [0.29, 0.717) is 11.4 Å². The zero-order chi connectivity index (χ0) is 12.1. The summed E-state index contributed by atoms with van der Waals surface area (Å²) in [6.45, 7) is 1.83. The Labute approximate surface area is 101 Å². The van der Waals surface area contributed by atoms with Gasteiger partial charge in [-0.25, -0.2) is 9.80 Å². The maximum absolute atomic E-state index is 11.7. The van der Waals surface area contributed by atoms with Gasteiger partial charge in [-0.1, -0.05) is 18.6 Å². The molecule has 1 aromatic rings. The molecule has 2 rings (SSSR count). The fraction of sp³-hybridized carbons (Fsp3) is 0.417. The van der Waals surface area contributed by atoms with Gasteiger partial charge in [-0.05, 0) is 25.0 Å². The molecule has 5 nitrogen and oxygen atoms in total. The molecule has 0 bridgehead atoms. The number of carbonyl (C=O) groups is 1. The molecule has 1 saturated heterocycles. The van der Waals surface area contributed by atoms with Gasteiger partial charge in [0, 0.05) is 13.1 Å². The summed E-state index contributed by atoms with van der Waals surface area (Å²) in [6, 6.07) is 6.99. The maximum Gasteiger partial charge on any atom is 0.333 e. The lowest BCUT2D eigenvalue weighted by Gasteiger charge is -2.26. The molecule has 0 aliphatic carbocycles. The number of piperidine rings is 1. The molecule has 0 radical (unpaired) electrons. The topological polar surface area (TPSA) is 70.4 Å². The van der Waals surface area contributed by atoms with Crippen LogP contribution in [0.5, 0.6) is 0 Å². The third-order valence-corrected chi connectivity index (χ3v) is 2.82. The number of carbonyl (C=O) groups excluding carboxylic acids is 1. The molecule has 0 aromatic heterocycles. The van der Waals surface area contributed by atoms with E-state index in [-0.39, 0.29) is 6.03 Å². The number of rotatable bonds is 2. The minimum absolute atomic E-state index is 0.232. The molecule has 92 valence electrons. The van der Waals surface area contributed by atoms with Crippen molar-refractivity contribution in [1.29, 1.82) is 0 Å². The Hall–Kier alpha value is -1.75. The van der Waals surface area contributed by atoms with E-state index in [1.807, 2.05) is 17.1 Å². The number of nitrogen functional groups attached to an aromatic ring is 1. The number of nitrogens with two attached hydrogens (primary N) is 1. The van der Waals surface area contributed by atoms with Gasteiger partial charge in [0.05, 0.1) is 11.4 Å². The van der Waals surface area contributed by atoms with Crippen LogP contribution in [-0.4, -0.2) is 24.1 Å². The molecular weight excluding hydrogens is 216 g/mol. The molecule has 1 fully saturated rings. The van der Waals surface area contributed by atoms with E-state index in [2.05, 4.69) is 10.7 Å². The van der Waals surface area contributed by atoms with Crippen molar-refractivity contribution in [3.8, 4) is 0 Å². The first-order valence-corrected chi connectivity index (χ1v) is 5.93. The van der Waals surface area contributed by atoms with Gasteiger partial charge in [-0.15, -0.1) is 0 Å². The molecule has 0 spiro atoms. The van der Waals surface area contributed by atoms with Gasteiger partial charge in [0.2, 0.25) is 0 Å². The zero-order valence-corrected chi connectivity index (χ0v) is 9.78. The minimum Gasteiger partial charge on any atom is -0.397 e. The summed E-state index contributed by atoms with van der Waals surface area (Å²) in [7, 11) is 0. The van der Waals surface area contributed by atoms with E-state index in [1.165, 1.54) is 6.42 Å². The summed E-state index contributed by atoms with van der Waals surface area (Å²) in [5.74, 6) is 0. The molecule has 5 heteroatoms. The molecule has 0 atom stereocenters. The number of benzene rings is 1. The maximum atomic E-state index is 11.7. The van der Waals surface area contributed by atoms with Crippen LogP contribution >= 0.6 is 0 Å². The minimum atomic E-state index is -0.232. The van der Waals surface area contributed by atoms with E-state index >= 15 is 0 Å². The predicted molar refractivity (Wildman–Crippen MR) is 68.4 cm³/mol. The van der Waals surface area contributed by atoms with Crippen molar-refractivity contribution in [3.63, 3.8) is 0 Å². The monoisotopic (exact) mass is 234 g/mol. The molecule has 0 saturated carbocycles. The summed E-state index contributed by atoms with van der Waals surface area (Å²) in [4.78, 5) is 11.7. The number of nitrogens with one attached hydrogen (secondary N) is 2. The van der Waals surface area contributed by atoms with Crippen LogP contribution in [0.1, 0.15) is 19.3 Å². The Morgan fingerprint density at radius 1 is 1.18 bits per heavy atom. The highest BCUT2D eigenvalue weighted by Gasteiger charge is 2.12. The van der Waals surface area contributed by atoms with Gasteiger partial charge < -0.3 is 11.1 Å². The predicted octanol–water partition coefficient (Wildman–Crippen LogP) is 1.79. The summed E-state index contributed by atoms with van der Waals surface area (Å²) in [5, 5.41) is 4.68. The van der Waals surface area contributed by atoms with Gasteiger partial charge in [-0.3, -0.25) is 5.43 Å². The van der Waals surface area contributed by atoms with Crippen LogP contribution in [0.15, 0.2) is 24.3 Å². The van der Waals surface area contributed by atoms with Crippen LogP contribution in [0, 0.1) is 0 Å². The molecule has 1 aliphatic rings. The number of para-hydroxylation sites is 2. The summed E-state index contributed by atoms with van der Waals surface area (Å²) in [5.41, 5.74) is 9.78. The summed E-state index contributed by atoms with van der Waals surface area (Å²) in [6.07, 6.45) is 3.51. The van der Waals surface area contributed by atoms with Crippen molar-refractivity contribution >= 4 is 17.4 Å². The van der Waals surface area contributed by atoms with E-state index in [4.69, 9.17) is 5.73 Å². The average Bonchev–Trinajstić information content (AvgIpc) is 2.33. The molecule has 1 aliphatic heterocycles. The lowest BCUT2D eigenvalue weighted by Crippen LogP contribution is -2.46. The van der Waals surface area contributed by atoms with Crippen LogP contribution in [0.2, 0.25) is 0 Å². The summed E-state index contributed by atoms with van der Waals surface area (Å²) >= 11 is 0. The Morgan fingerprint density at radius 3 is 2.59 bits per heavy atom. The smallest absolute Gasteiger partial charge is 0.333 e. The van der Waals surface area contributed by atoms with Gasteiger partial charge in [0.25, 0.3) is 0 Å². The van der Waals surface area contributed by atoms with Crippen LogP contribution < -0.4 is 16.5 Å². The summed E-state index contributed by atoms with van der Waals surface area (Å²) < 4.78 is 0. The Bertz CT molecular complexity index is 388. The van der Waals surface area contributed by atoms with Gasteiger partial charge in [0.1, 0.15) is 0 Å². The van der Waals surface area contributed by atoms with Crippen molar-refractivity contribution in [1.82, 2.24) is 10.4 Å². The number of urea groups is 1. The number of nitrogens with zero attached hydrogens (tertiary/aromatic N) is 1. The molecule has 17 heavy (non-hydrogen) atoms. The molecule has 1 heterocycles. The highest BCUT2D eigenvalue weighted by Crippen LogP contribution is 2.16. The van der Waals surface area contributed by atoms with Gasteiger partial charge in [0.15, 0.2) is 0 Å². The van der Waals surface area contributed by atoms with E-state index in [0.717, 1.165) is 25.9 Å². The first-order valence-electron chi connectivity index (χ1n) is 5.93. The average molecular weight is 234 g/mol. The second-order valence-corrected chi connectivity index (χ2v) is 4.20. The Balaban J connectivity index is 1.86. The van der Waals surface area contributed by atoms with E-state index in [9.17, 15) is 4.79 Å². The molecular formula is C12H18N4O. The second kappa shape index (κ2) is 5.54. The van der Waals surface area contributed by atoms with E-state index < -0.39 is 0 Å². The van der Waals surface area contributed by atoms with Gasteiger partial charge >= 0.3 is 6.03 Å². The molecule has 0 unspecified atom stereocenters. The first-order chi connectivity index (χ1) is 8.25. The first kappa shape index (κ1) is 11.7. The van der Waals surface area contributed by atoms with Crippen molar-refractivity contribution in [3.05, 3.63) is 24.3 Å². The third-order valence-electron chi connectivity index (χ3n) is 2.82. The van der Waals surface area contributed by atoms with Crippen LogP contribution in [0.25, 0.3) is 0 Å². The number of amides is 2. The zero-order valence-electron chi connectivity index (χ0n) is 9.78. The Kier molecular flexibility index (Phi) is 3.82. The fourth-order valence-corrected chi connectivity index (χ4v) is 1.91. The Morgan fingerprint density at radius 2 is 1.88 bits per heavy atom. The lowest BCUT2D eigenvalue weighted by atomic mass is 10.2. The van der Waals surface area contributed by atoms with Gasteiger partial charge in [-0.2, -0.15) is 0 Å². The van der Waals surface area contributed by atoms with Crippen LogP contribution in [0.3, 0.4) is 0 Å². The lowest BCUT2D eigenvalue weighted by molar-refractivity contribution is 0.162. The second-order valence-electron chi connectivity index (χ2n) is 4.20. The van der Waals surface area contributed by atoms with Crippen molar-refractivity contribution in [2.24, 2.45) is 0 Å². The third kappa shape index (κ3) is 3.35. The number of anilines is 2. The van der Waals surface area contributed by atoms with Crippen molar-refractivity contribution in [2.45, 2.75) is 19.3 Å². The number of hydrogen-bond donors (Lipinski definition) is 3. The fourth-order valence-electron chi connectivity index (χ4n) is 1.91.